The Hall–Kier alpha value is -3.10. The zero-order valence-electron chi connectivity index (χ0n) is 21.2. The quantitative estimate of drug-likeness (QED) is 0.332. The lowest BCUT2D eigenvalue weighted by Gasteiger charge is -2.35. The Morgan fingerprint density at radius 1 is 0.974 bits per heavy atom. The number of hydrogen-bond donors (Lipinski definition) is 1. The maximum atomic E-state index is 14.5. The van der Waals surface area contributed by atoms with Crippen LogP contribution in [0.25, 0.3) is 10.8 Å². The molecule has 4 aliphatic heterocycles. The van der Waals surface area contributed by atoms with Crippen molar-refractivity contribution in [1.82, 2.24) is 4.90 Å². The van der Waals surface area contributed by atoms with E-state index in [9.17, 15) is 14.4 Å². The fraction of sp³-hybridized carbons (Fsp3) is 0.433. The molecular weight excluding hydrogens is 500 g/mol. The molecule has 0 radical (unpaired) electrons. The van der Waals surface area contributed by atoms with Crippen LogP contribution in [-0.4, -0.2) is 70.1 Å². The second kappa shape index (κ2) is 10.2. The van der Waals surface area contributed by atoms with Crippen molar-refractivity contribution in [3.63, 3.8) is 0 Å². The van der Waals surface area contributed by atoms with E-state index >= 15 is 0 Å². The fourth-order valence-corrected chi connectivity index (χ4v) is 8.53. The van der Waals surface area contributed by atoms with Crippen LogP contribution in [0.3, 0.4) is 0 Å². The first kappa shape index (κ1) is 25.2. The first-order chi connectivity index (χ1) is 18.5. The zero-order valence-corrected chi connectivity index (χ0v) is 22.0. The van der Waals surface area contributed by atoms with Gasteiger partial charge in [-0.2, -0.15) is 0 Å². The van der Waals surface area contributed by atoms with E-state index in [-0.39, 0.29) is 36.2 Å². The third kappa shape index (κ3) is 4.05. The maximum Gasteiger partial charge on any atom is 0.311 e. The first-order valence-corrected chi connectivity index (χ1v) is 14.3. The number of rotatable bonds is 7. The molecule has 8 heteroatoms. The van der Waals surface area contributed by atoms with Gasteiger partial charge in [0.1, 0.15) is 12.6 Å². The van der Waals surface area contributed by atoms with E-state index in [4.69, 9.17) is 9.84 Å². The van der Waals surface area contributed by atoms with Crippen molar-refractivity contribution in [1.29, 1.82) is 0 Å². The average molecular weight is 533 g/mol. The second-order valence-corrected chi connectivity index (χ2v) is 11.9. The average Bonchev–Trinajstić information content (AvgIpc) is 3.22. The monoisotopic (exact) mass is 532 g/mol. The molecule has 4 heterocycles. The number of amides is 2. The molecule has 2 fully saturated rings. The fourth-order valence-electron chi connectivity index (χ4n) is 6.53. The third-order valence-electron chi connectivity index (χ3n) is 8.27. The molecule has 2 saturated heterocycles. The number of nitrogens with zero attached hydrogens (tertiary/aromatic N) is 2. The molecule has 0 aliphatic carbocycles. The summed E-state index contributed by atoms with van der Waals surface area (Å²) in [7, 11) is 0. The summed E-state index contributed by atoms with van der Waals surface area (Å²) in [5, 5.41) is 11.1. The van der Waals surface area contributed by atoms with Crippen LogP contribution in [0, 0.1) is 11.8 Å². The van der Waals surface area contributed by atoms with Crippen LogP contribution in [-0.2, 0) is 19.1 Å². The van der Waals surface area contributed by atoms with E-state index in [1.54, 1.807) is 21.6 Å². The van der Waals surface area contributed by atoms with Gasteiger partial charge in [-0.25, -0.2) is 0 Å². The number of carbonyl (C=O) groups excluding carboxylic acids is 3. The molecule has 7 nitrogen and oxygen atoms in total. The van der Waals surface area contributed by atoms with E-state index in [0.29, 0.717) is 13.1 Å². The largest absolute Gasteiger partial charge is 0.461 e. The maximum absolute atomic E-state index is 14.5. The summed E-state index contributed by atoms with van der Waals surface area (Å²) in [5.74, 6) is -1.87. The van der Waals surface area contributed by atoms with Gasteiger partial charge in [0.05, 0.1) is 16.6 Å². The molecule has 1 spiro atoms. The molecule has 6 rings (SSSR count). The second-order valence-electron chi connectivity index (χ2n) is 10.5. The molecule has 2 aromatic carbocycles. The molecule has 2 aromatic rings. The number of carbonyl (C=O) groups is 3. The van der Waals surface area contributed by atoms with E-state index in [1.807, 2.05) is 66.8 Å². The van der Waals surface area contributed by atoms with Gasteiger partial charge in [-0.15, -0.1) is 11.8 Å². The summed E-state index contributed by atoms with van der Waals surface area (Å²) < 4.78 is 4.61. The Morgan fingerprint density at radius 2 is 1.79 bits per heavy atom. The Morgan fingerprint density at radius 3 is 2.63 bits per heavy atom. The predicted molar refractivity (Wildman–Crippen MR) is 148 cm³/mol. The number of likely N-dealkylation sites (tertiary alicyclic amines) is 1. The summed E-state index contributed by atoms with van der Waals surface area (Å²) in [6.07, 6.45) is 11.0. The minimum absolute atomic E-state index is 0.113. The van der Waals surface area contributed by atoms with Crippen molar-refractivity contribution in [3.05, 3.63) is 66.8 Å². The molecule has 0 bridgehead atoms. The summed E-state index contributed by atoms with van der Waals surface area (Å²) >= 11 is 1.57. The highest BCUT2D eigenvalue weighted by molar-refractivity contribution is 8.02. The Balaban J connectivity index is 1.39. The van der Waals surface area contributed by atoms with Crippen molar-refractivity contribution >= 4 is 46.0 Å². The van der Waals surface area contributed by atoms with Gasteiger partial charge >= 0.3 is 5.97 Å². The van der Waals surface area contributed by atoms with Crippen LogP contribution >= 0.6 is 11.8 Å². The van der Waals surface area contributed by atoms with Crippen molar-refractivity contribution < 1.29 is 24.2 Å². The number of fused-ring (bicyclic) bond motifs is 3. The molecule has 38 heavy (non-hydrogen) atoms. The first-order valence-electron chi connectivity index (χ1n) is 13.5. The number of anilines is 1. The summed E-state index contributed by atoms with van der Waals surface area (Å²) in [5.41, 5.74) is 0.797. The highest BCUT2D eigenvalue weighted by Crippen LogP contribution is 2.61. The van der Waals surface area contributed by atoms with E-state index < -0.39 is 22.6 Å². The van der Waals surface area contributed by atoms with Gasteiger partial charge in [0.15, 0.2) is 0 Å². The number of aliphatic hydroxyl groups excluding tert-OH is 1. The van der Waals surface area contributed by atoms with Crippen LogP contribution in [0.15, 0.2) is 66.8 Å². The highest BCUT2D eigenvalue weighted by atomic mass is 32.2. The van der Waals surface area contributed by atoms with Gasteiger partial charge in [-0.05, 0) is 35.7 Å². The molecule has 4 aliphatic rings. The normalized spacial score (nSPS) is 30.2. The standard InChI is InChI=1S/C30H32N2O5S/c33-17-6-2-1-5-15-32-26-28(35)31(22-13-12-20-9-3-4-10-21(20)19-22)16-8-14-30(26)25(27(32)34)24-23(38-30)11-7-18-37-29(24)36/h3-4,7-14,19,23-26,33H,1-2,5-6,15-18H2/t23-,24+,25+,26?,30+/m1/s1. The summed E-state index contributed by atoms with van der Waals surface area (Å²) in [6.45, 7) is 1.20. The molecule has 0 aromatic heterocycles. The van der Waals surface area contributed by atoms with Crippen LogP contribution in [0.4, 0.5) is 5.69 Å². The van der Waals surface area contributed by atoms with Crippen molar-refractivity contribution in [3.8, 4) is 0 Å². The number of aliphatic hydroxyl groups is 1. The SMILES string of the molecule is O=C1OCC=C[C@H]2S[C@]34C=CCN(c5ccc6ccccc6c5)C(=O)C3N(CCCCCCO)C(=O)[C@@H]4[C@@H]12. The highest BCUT2D eigenvalue weighted by Gasteiger charge is 2.71. The molecule has 1 N–H and O–H groups in total. The van der Waals surface area contributed by atoms with Crippen LogP contribution < -0.4 is 4.90 Å². The van der Waals surface area contributed by atoms with Crippen LogP contribution in [0.2, 0.25) is 0 Å². The number of ether oxygens (including phenoxy) is 1. The van der Waals surface area contributed by atoms with Crippen molar-refractivity contribution in [2.24, 2.45) is 11.8 Å². The van der Waals surface area contributed by atoms with Gasteiger partial charge in [-0.3, -0.25) is 14.4 Å². The Bertz CT molecular complexity index is 1320. The molecule has 198 valence electrons. The van der Waals surface area contributed by atoms with E-state index in [2.05, 4.69) is 0 Å². The minimum atomic E-state index is -0.832. The van der Waals surface area contributed by atoms with Gasteiger partial charge in [-0.1, -0.05) is 67.5 Å². The molecule has 5 atom stereocenters. The lowest BCUT2D eigenvalue weighted by molar-refractivity contribution is -0.151. The van der Waals surface area contributed by atoms with Crippen molar-refractivity contribution in [2.75, 3.05) is 31.2 Å². The predicted octanol–water partition coefficient (Wildman–Crippen LogP) is 3.71. The van der Waals surface area contributed by atoms with Crippen LogP contribution in [0.5, 0.6) is 0 Å². The van der Waals surface area contributed by atoms with Crippen LogP contribution in [0.1, 0.15) is 25.7 Å². The molecule has 1 unspecified atom stereocenters. The van der Waals surface area contributed by atoms with Gasteiger partial charge in [0, 0.05) is 30.6 Å². The van der Waals surface area contributed by atoms with Gasteiger partial charge in [0.25, 0.3) is 5.91 Å². The molecular formula is C30H32N2O5S. The van der Waals surface area contributed by atoms with Gasteiger partial charge < -0.3 is 19.6 Å². The number of esters is 1. The Labute approximate surface area is 226 Å². The third-order valence-corrected chi connectivity index (χ3v) is 10.0. The topological polar surface area (TPSA) is 87.2 Å². The Kier molecular flexibility index (Phi) is 6.78. The minimum Gasteiger partial charge on any atom is -0.461 e. The summed E-state index contributed by atoms with van der Waals surface area (Å²) in [6, 6.07) is 13.4. The van der Waals surface area contributed by atoms with Crippen molar-refractivity contribution in [2.45, 2.75) is 41.7 Å². The molecule has 2 amide bonds. The summed E-state index contributed by atoms with van der Waals surface area (Å²) in [4.78, 5) is 45.1. The number of cyclic esters (lactones) is 1. The number of unbranched alkanes of at least 4 members (excludes halogenated alkanes) is 3. The number of benzene rings is 2. The smallest absolute Gasteiger partial charge is 0.311 e. The number of hydrogen-bond acceptors (Lipinski definition) is 6. The lowest BCUT2D eigenvalue weighted by Crippen LogP contribution is -2.53. The van der Waals surface area contributed by atoms with E-state index in [1.165, 1.54) is 0 Å². The lowest BCUT2D eigenvalue weighted by atomic mass is 9.78. The molecule has 0 saturated carbocycles. The number of thioether (sulfide) groups is 1. The zero-order chi connectivity index (χ0) is 26.3. The van der Waals surface area contributed by atoms with E-state index in [0.717, 1.165) is 42.1 Å². The van der Waals surface area contributed by atoms with Gasteiger partial charge in [0.2, 0.25) is 5.91 Å².